The van der Waals surface area contributed by atoms with Crippen LogP contribution < -0.4 is 10.1 Å². The molecular weight excluding hydrogens is 269 g/mol. The second-order valence-electron chi connectivity index (χ2n) is 5.37. The highest BCUT2D eigenvalue weighted by Gasteiger charge is 2.13. The Labute approximate surface area is 125 Å². The number of imidazole rings is 1. The predicted octanol–water partition coefficient (Wildman–Crippen LogP) is 3.46. The van der Waals surface area contributed by atoms with E-state index in [2.05, 4.69) is 28.7 Å². The van der Waals surface area contributed by atoms with Gasteiger partial charge >= 0.3 is 0 Å². The van der Waals surface area contributed by atoms with Gasteiger partial charge in [0.2, 0.25) is 0 Å². The Morgan fingerprint density at radius 1 is 1.33 bits per heavy atom. The van der Waals surface area contributed by atoms with Crippen molar-refractivity contribution >= 4 is 0 Å². The molecule has 0 aliphatic heterocycles. The molecule has 2 rings (SSSR count). The number of ether oxygens (including phenoxy) is 1. The van der Waals surface area contributed by atoms with Gasteiger partial charge in [0.15, 0.2) is 0 Å². The predicted molar refractivity (Wildman–Crippen MR) is 80.8 cm³/mol. The third-order valence-electron chi connectivity index (χ3n) is 3.55. The van der Waals surface area contributed by atoms with Gasteiger partial charge in [0.05, 0.1) is 18.2 Å². The Kier molecular flexibility index (Phi) is 4.96. The highest BCUT2D eigenvalue weighted by atomic mass is 19.1. The maximum atomic E-state index is 13.4. The molecule has 4 nitrogen and oxygen atoms in total. The van der Waals surface area contributed by atoms with Crippen LogP contribution >= 0.6 is 0 Å². The van der Waals surface area contributed by atoms with Gasteiger partial charge in [0.1, 0.15) is 18.2 Å². The SMILES string of the molecule is CNC(C)c1cc(F)ccc1OCc1cncn1C(C)C. The summed E-state index contributed by atoms with van der Waals surface area (Å²) >= 11 is 0. The topological polar surface area (TPSA) is 39.1 Å². The molecule has 1 aromatic carbocycles. The lowest BCUT2D eigenvalue weighted by Crippen LogP contribution is -2.14. The van der Waals surface area contributed by atoms with Crippen molar-refractivity contribution in [3.63, 3.8) is 0 Å². The Balaban J connectivity index is 2.18. The van der Waals surface area contributed by atoms with Crippen molar-refractivity contribution in [2.75, 3.05) is 7.05 Å². The summed E-state index contributed by atoms with van der Waals surface area (Å²) in [5.41, 5.74) is 1.81. The van der Waals surface area contributed by atoms with Crippen LogP contribution in [0.2, 0.25) is 0 Å². The lowest BCUT2D eigenvalue weighted by molar-refractivity contribution is 0.286. The summed E-state index contributed by atoms with van der Waals surface area (Å²) in [6.07, 6.45) is 3.59. The van der Waals surface area contributed by atoms with Crippen molar-refractivity contribution in [2.45, 2.75) is 39.5 Å². The molecule has 0 saturated carbocycles. The number of hydrogen-bond donors (Lipinski definition) is 1. The van der Waals surface area contributed by atoms with Gasteiger partial charge in [-0.2, -0.15) is 0 Å². The zero-order chi connectivity index (χ0) is 15.4. The molecule has 1 unspecified atom stereocenters. The van der Waals surface area contributed by atoms with E-state index in [-0.39, 0.29) is 11.9 Å². The molecule has 114 valence electrons. The zero-order valence-corrected chi connectivity index (χ0v) is 12.9. The van der Waals surface area contributed by atoms with E-state index in [9.17, 15) is 4.39 Å². The zero-order valence-electron chi connectivity index (χ0n) is 12.9. The van der Waals surface area contributed by atoms with Crippen LogP contribution in [-0.2, 0) is 6.61 Å². The molecular formula is C16H22FN3O. The highest BCUT2D eigenvalue weighted by Crippen LogP contribution is 2.26. The summed E-state index contributed by atoms with van der Waals surface area (Å²) in [6, 6.07) is 4.95. The van der Waals surface area contributed by atoms with Crippen LogP contribution in [0, 0.1) is 5.82 Å². The molecule has 0 saturated heterocycles. The molecule has 1 N–H and O–H groups in total. The number of hydrogen-bond acceptors (Lipinski definition) is 3. The first kappa shape index (κ1) is 15.5. The summed E-state index contributed by atoms with van der Waals surface area (Å²) < 4.78 is 21.4. The minimum absolute atomic E-state index is 0.0192. The van der Waals surface area contributed by atoms with Crippen LogP contribution in [-0.4, -0.2) is 16.6 Å². The first-order valence-electron chi connectivity index (χ1n) is 7.13. The number of nitrogens with zero attached hydrogens (tertiary/aromatic N) is 2. The number of nitrogens with one attached hydrogen (secondary N) is 1. The van der Waals surface area contributed by atoms with Gasteiger partial charge < -0.3 is 14.6 Å². The summed E-state index contributed by atoms with van der Waals surface area (Å²) in [7, 11) is 1.84. The fraction of sp³-hybridized carbons (Fsp3) is 0.438. The molecule has 0 radical (unpaired) electrons. The van der Waals surface area contributed by atoms with E-state index in [4.69, 9.17) is 4.74 Å². The quantitative estimate of drug-likeness (QED) is 0.886. The standard InChI is InChI=1S/C16H22FN3O/c1-11(2)20-10-19-8-14(20)9-21-16-6-5-13(17)7-15(16)12(3)18-4/h5-8,10-12,18H,9H2,1-4H3. The summed E-state index contributed by atoms with van der Waals surface area (Å²) in [5, 5.41) is 3.11. The van der Waals surface area contributed by atoms with Crippen molar-refractivity contribution in [3.05, 3.63) is 47.8 Å². The molecule has 0 amide bonds. The average Bonchev–Trinajstić information content (AvgIpc) is 2.93. The molecule has 0 bridgehead atoms. The second-order valence-corrected chi connectivity index (χ2v) is 5.37. The fourth-order valence-electron chi connectivity index (χ4n) is 2.21. The molecule has 0 aliphatic rings. The van der Waals surface area contributed by atoms with E-state index in [1.807, 2.05) is 14.0 Å². The number of halogens is 1. The lowest BCUT2D eigenvalue weighted by Gasteiger charge is -2.18. The minimum atomic E-state index is -0.258. The van der Waals surface area contributed by atoms with E-state index in [1.165, 1.54) is 12.1 Å². The molecule has 0 spiro atoms. The maximum Gasteiger partial charge on any atom is 0.130 e. The normalized spacial score (nSPS) is 12.7. The minimum Gasteiger partial charge on any atom is -0.487 e. The molecule has 1 atom stereocenters. The monoisotopic (exact) mass is 291 g/mol. The van der Waals surface area contributed by atoms with Gasteiger partial charge in [-0.05, 0) is 46.0 Å². The summed E-state index contributed by atoms with van der Waals surface area (Å²) in [6.45, 7) is 6.57. The molecule has 1 aromatic heterocycles. The molecule has 5 heteroatoms. The molecule has 2 aromatic rings. The number of aromatic nitrogens is 2. The second kappa shape index (κ2) is 6.72. The molecule has 1 heterocycles. The lowest BCUT2D eigenvalue weighted by atomic mass is 10.1. The number of rotatable bonds is 6. The van der Waals surface area contributed by atoms with E-state index in [0.717, 1.165) is 11.3 Å². The third kappa shape index (κ3) is 3.61. The van der Waals surface area contributed by atoms with E-state index < -0.39 is 0 Å². The average molecular weight is 291 g/mol. The van der Waals surface area contributed by atoms with Crippen molar-refractivity contribution in [1.29, 1.82) is 0 Å². The summed E-state index contributed by atoms with van der Waals surface area (Å²) in [4.78, 5) is 4.15. The van der Waals surface area contributed by atoms with Crippen molar-refractivity contribution < 1.29 is 9.13 Å². The smallest absolute Gasteiger partial charge is 0.130 e. The van der Waals surface area contributed by atoms with Crippen LogP contribution in [0.25, 0.3) is 0 Å². The summed E-state index contributed by atoms with van der Waals surface area (Å²) in [5.74, 6) is 0.432. The first-order valence-corrected chi connectivity index (χ1v) is 7.13. The van der Waals surface area contributed by atoms with Crippen LogP contribution in [0.5, 0.6) is 5.75 Å². The Morgan fingerprint density at radius 2 is 2.10 bits per heavy atom. The van der Waals surface area contributed by atoms with E-state index >= 15 is 0 Å². The Morgan fingerprint density at radius 3 is 2.76 bits per heavy atom. The fourth-order valence-corrected chi connectivity index (χ4v) is 2.21. The van der Waals surface area contributed by atoms with Crippen molar-refractivity contribution in [1.82, 2.24) is 14.9 Å². The van der Waals surface area contributed by atoms with Crippen molar-refractivity contribution in [2.24, 2.45) is 0 Å². The van der Waals surface area contributed by atoms with E-state index in [0.29, 0.717) is 18.4 Å². The third-order valence-corrected chi connectivity index (χ3v) is 3.55. The van der Waals surface area contributed by atoms with Crippen LogP contribution in [0.3, 0.4) is 0 Å². The van der Waals surface area contributed by atoms with Gasteiger partial charge in [-0.3, -0.25) is 0 Å². The molecule has 0 aliphatic carbocycles. The number of benzene rings is 1. The van der Waals surface area contributed by atoms with E-state index in [1.54, 1.807) is 18.6 Å². The molecule has 0 fully saturated rings. The van der Waals surface area contributed by atoms with Crippen LogP contribution in [0.15, 0.2) is 30.7 Å². The van der Waals surface area contributed by atoms with Gasteiger partial charge in [0.25, 0.3) is 0 Å². The van der Waals surface area contributed by atoms with Crippen molar-refractivity contribution in [3.8, 4) is 5.75 Å². The highest BCUT2D eigenvalue weighted by molar-refractivity contribution is 5.36. The first-order chi connectivity index (χ1) is 10.0. The maximum absolute atomic E-state index is 13.4. The van der Waals surface area contributed by atoms with Gasteiger partial charge in [0, 0.05) is 17.6 Å². The Bertz CT molecular complexity index is 595. The van der Waals surface area contributed by atoms with Gasteiger partial charge in [-0.15, -0.1) is 0 Å². The molecule has 21 heavy (non-hydrogen) atoms. The van der Waals surface area contributed by atoms with Crippen LogP contribution in [0.4, 0.5) is 4.39 Å². The van der Waals surface area contributed by atoms with Gasteiger partial charge in [-0.25, -0.2) is 9.37 Å². The Hall–Kier alpha value is -1.88. The largest absolute Gasteiger partial charge is 0.487 e. The van der Waals surface area contributed by atoms with Crippen LogP contribution in [0.1, 0.15) is 44.1 Å². The van der Waals surface area contributed by atoms with Gasteiger partial charge in [-0.1, -0.05) is 0 Å².